The first kappa shape index (κ1) is 14.3. The van der Waals surface area contributed by atoms with Crippen LogP contribution in [0.15, 0.2) is 0 Å². The molecule has 0 aliphatic carbocycles. The molecule has 18 heavy (non-hydrogen) atoms. The summed E-state index contributed by atoms with van der Waals surface area (Å²) in [6, 6.07) is -0.271. The van der Waals surface area contributed by atoms with E-state index >= 15 is 0 Å². The van der Waals surface area contributed by atoms with Gasteiger partial charge in [0, 0.05) is 25.6 Å². The first-order valence-electron chi connectivity index (χ1n) is 5.78. The Morgan fingerprint density at radius 2 is 2.06 bits per heavy atom. The highest BCUT2D eigenvalue weighted by Gasteiger charge is 2.36. The molecule has 1 saturated heterocycles. The van der Waals surface area contributed by atoms with E-state index in [1.165, 1.54) is 12.0 Å². The van der Waals surface area contributed by atoms with Crippen LogP contribution < -0.4 is 5.32 Å². The van der Waals surface area contributed by atoms with Gasteiger partial charge in [0.05, 0.1) is 19.4 Å². The third-order valence-electron chi connectivity index (χ3n) is 3.13. The molecule has 0 bridgehead atoms. The number of carboxylic acids is 1. The lowest BCUT2D eigenvalue weighted by molar-refractivity contribution is -0.145. The van der Waals surface area contributed by atoms with E-state index in [2.05, 4.69) is 10.1 Å². The van der Waals surface area contributed by atoms with Gasteiger partial charge in [0.15, 0.2) is 0 Å². The number of hydrogen-bond acceptors (Lipinski definition) is 4. The number of methoxy groups -OCH3 is 1. The predicted molar refractivity (Wildman–Crippen MR) is 61.9 cm³/mol. The average Bonchev–Trinajstić information content (AvgIpc) is 2.26. The molecule has 7 heteroatoms. The van der Waals surface area contributed by atoms with Gasteiger partial charge in [0.2, 0.25) is 0 Å². The molecule has 0 spiro atoms. The second-order valence-electron chi connectivity index (χ2n) is 4.35. The molecular formula is C11H18N2O5. The lowest BCUT2D eigenvalue weighted by Gasteiger charge is -2.41. The molecule has 1 atom stereocenters. The smallest absolute Gasteiger partial charge is 0.317 e. The normalized spacial score (nSPS) is 16.7. The van der Waals surface area contributed by atoms with E-state index in [1.807, 2.05) is 0 Å². The van der Waals surface area contributed by atoms with Gasteiger partial charge in [-0.25, -0.2) is 4.79 Å². The number of ether oxygens (including phenoxy) is 1. The van der Waals surface area contributed by atoms with Crippen molar-refractivity contribution in [1.82, 2.24) is 10.2 Å². The van der Waals surface area contributed by atoms with E-state index < -0.39 is 11.9 Å². The Balaban J connectivity index is 2.19. The third kappa shape index (κ3) is 3.61. The summed E-state index contributed by atoms with van der Waals surface area (Å²) < 4.78 is 4.44. The molecule has 1 aliphatic rings. The van der Waals surface area contributed by atoms with Gasteiger partial charge in [-0.15, -0.1) is 0 Å². The highest BCUT2D eigenvalue weighted by molar-refractivity contribution is 5.77. The molecule has 0 aromatic heterocycles. The number of rotatable bonds is 5. The summed E-state index contributed by atoms with van der Waals surface area (Å²) in [6.45, 7) is 2.75. The zero-order valence-electron chi connectivity index (χ0n) is 10.5. The summed E-state index contributed by atoms with van der Waals surface area (Å²) >= 11 is 0. The molecule has 2 amide bonds. The summed E-state index contributed by atoms with van der Waals surface area (Å²) in [4.78, 5) is 34.6. The van der Waals surface area contributed by atoms with Crippen molar-refractivity contribution in [3.05, 3.63) is 0 Å². The lowest BCUT2D eigenvalue weighted by atomic mass is 9.87. The first-order chi connectivity index (χ1) is 8.45. The number of carbonyl (C=O) groups excluding carboxylic acids is 2. The highest BCUT2D eigenvalue weighted by Crippen LogP contribution is 2.23. The van der Waals surface area contributed by atoms with Crippen LogP contribution in [0.2, 0.25) is 0 Å². The van der Waals surface area contributed by atoms with Crippen LogP contribution >= 0.6 is 0 Å². The monoisotopic (exact) mass is 258 g/mol. The maximum absolute atomic E-state index is 11.5. The van der Waals surface area contributed by atoms with Crippen LogP contribution in [0, 0.1) is 11.8 Å². The van der Waals surface area contributed by atoms with E-state index in [9.17, 15) is 14.4 Å². The molecule has 0 aromatic carbocycles. The molecule has 7 nitrogen and oxygen atoms in total. The minimum absolute atomic E-state index is 0.00820. The second kappa shape index (κ2) is 6.23. The number of urea groups is 1. The van der Waals surface area contributed by atoms with Crippen molar-refractivity contribution < 1.29 is 24.2 Å². The molecule has 0 saturated carbocycles. The minimum atomic E-state index is -0.842. The predicted octanol–water partition coefficient (Wildman–Crippen LogP) is -0.0884. The summed E-state index contributed by atoms with van der Waals surface area (Å²) in [5, 5.41) is 11.4. The van der Waals surface area contributed by atoms with E-state index in [0.717, 1.165) is 0 Å². The molecule has 0 radical (unpaired) electrons. The Labute approximate surface area is 105 Å². The number of amides is 2. The highest BCUT2D eigenvalue weighted by atomic mass is 16.5. The quantitative estimate of drug-likeness (QED) is 0.672. The third-order valence-corrected chi connectivity index (χ3v) is 3.13. The molecule has 1 heterocycles. The number of carboxylic acid groups (broad SMARTS) is 1. The number of aliphatic carboxylic acids is 1. The number of nitrogens with one attached hydrogen (secondary N) is 1. The van der Waals surface area contributed by atoms with Crippen molar-refractivity contribution in [3.63, 3.8) is 0 Å². The molecule has 1 unspecified atom stereocenters. The Bertz CT molecular complexity index is 338. The number of nitrogens with zero attached hydrogens (tertiary/aromatic N) is 1. The summed E-state index contributed by atoms with van der Waals surface area (Å²) in [6.07, 6.45) is 0.130. The van der Waals surface area contributed by atoms with Gasteiger partial charge in [0.25, 0.3) is 0 Å². The van der Waals surface area contributed by atoms with Gasteiger partial charge in [-0.05, 0) is 0 Å². The average molecular weight is 258 g/mol. The minimum Gasteiger partial charge on any atom is -0.481 e. The standard InChI is InChI=1S/C11H18N2O5/c1-7(10(15)16)8-5-13(6-8)11(17)12-4-3-9(14)18-2/h7-8H,3-6H2,1-2H3,(H,12,17)(H,15,16). The van der Waals surface area contributed by atoms with Crippen LogP contribution in [0.25, 0.3) is 0 Å². The van der Waals surface area contributed by atoms with Crippen molar-refractivity contribution >= 4 is 18.0 Å². The van der Waals surface area contributed by atoms with Crippen molar-refractivity contribution in [2.75, 3.05) is 26.7 Å². The topological polar surface area (TPSA) is 95.9 Å². The van der Waals surface area contributed by atoms with Crippen LogP contribution in [0.3, 0.4) is 0 Å². The number of likely N-dealkylation sites (tertiary alicyclic amines) is 1. The van der Waals surface area contributed by atoms with Gasteiger partial charge in [-0.1, -0.05) is 6.92 Å². The Hall–Kier alpha value is -1.79. The van der Waals surface area contributed by atoms with E-state index in [4.69, 9.17) is 5.11 Å². The molecule has 1 rings (SSSR count). The Morgan fingerprint density at radius 1 is 1.44 bits per heavy atom. The molecule has 1 aliphatic heterocycles. The van der Waals surface area contributed by atoms with Crippen LogP contribution in [-0.4, -0.2) is 54.7 Å². The molecule has 2 N–H and O–H groups in total. The van der Waals surface area contributed by atoms with Crippen molar-refractivity contribution in [1.29, 1.82) is 0 Å². The SMILES string of the molecule is COC(=O)CCNC(=O)N1CC(C(C)C(=O)O)C1. The van der Waals surface area contributed by atoms with Crippen LogP contribution in [0.1, 0.15) is 13.3 Å². The summed E-state index contributed by atoms with van der Waals surface area (Å²) in [5.74, 6) is -1.65. The Kier molecular flexibility index (Phi) is 4.94. The lowest BCUT2D eigenvalue weighted by Crippen LogP contribution is -2.56. The van der Waals surface area contributed by atoms with Gasteiger partial charge in [-0.2, -0.15) is 0 Å². The van der Waals surface area contributed by atoms with Crippen LogP contribution in [0.4, 0.5) is 4.79 Å². The second-order valence-corrected chi connectivity index (χ2v) is 4.35. The molecule has 1 fully saturated rings. The maximum Gasteiger partial charge on any atom is 0.317 e. The zero-order chi connectivity index (χ0) is 13.7. The molecular weight excluding hydrogens is 240 g/mol. The fraction of sp³-hybridized carbons (Fsp3) is 0.727. The fourth-order valence-electron chi connectivity index (χ4n) is 1.68. The maximum atomic E-state index is 11.5. The number of carbonyl (C=O) groups is 3. The fourth-order valence-corrected chi connectivity index (χ4v) is 1.68. The van der Waals surface area contributed by atoms with Crippen molar-refractivity contribution in [2.24, 2.45) is 11.8 Å². The summed E-state index contributed by atoms with van der Waals surface area (Å²) in [5.41, 5.74) is 0. The first-order valence-corrected chi connectivity index (χ1v) is 5.78. The van der Waals surface area contributed by atoms with Gasteiger partial charge in [-0.3, -0.25) is 9.59 Å². The largest absolute Gasteiger partial charge is 0.481 e. The van der Waals surface area contributed by atoms with E-state index in [-0.39, 0.29) is 30.9 Å². The van der Waals surface area contributed by atoms with Crippen LogP contribution in [-0.2, 0) is 14.3 Å². The van der Waals surface area contributed by atoms with Gasteiger partial charge >= 0.3 is 18.0 Å². The van der Waals surface area contributed by atoms with Crippen LogP contribution in [0.5, 0.6) is 0 Å². The summed E-state index contributed by atoms with van der Waals surface area (Å²) in [7, 11) is 1.29. The van der Waals surface area contributed by atoms with Gasteiger partial charge in [0.1, 0.15) is 0 Å². The van der Waals surface area contributed by atoms with E-state index in [1.54, 1.807) is 6.92 Å². The zero-order valence-corrected chi connectivity index (χ0v) is 10.5. The number of esters is 1. The molecule has 102 valence electrons. The molecule has 0 aromatic rings. The van der Waals surface area contributed by atoms with Crippen molar-refractivity contribution in [2.45, 2.75) is 13.3 Å². The van der Waals surface area contributed by atoms with Crippen molar-refractivity contribution in [3.8, 4) is 0 Å². The van der Waals surface area contributed by atoms with E-state index in [0.29, 0.717) is 13.1 Å². The van der Waals surface area contributed by atoms with Gasteiger partial charge < -0.3 is 20.1 Å². The number of hydrogen-bond donors (Lipinski definition) is 2. The Morgan fingerprint density at radius 3 is 2.56 bits per heavy atom.